The second kappa shape index (κ2) is 11.1. The highest BCUT2D eigenvalue weighted by Gasteiger charge is 2.12. The van der Waals surface area contributed by atoms with Crippen molar-refractivity contribution in [1.29, 1.82) is 0 Å². The third-order valence-electron chi connectivity index (χ3n) is 5.83. The van der Waals surface area contributed by atoms with Gasteiger partial charge in [0.1, 0.15) is 5.82 Å². The van der Waals surface area contributed by atoms with Gasteiger partial charge >= 0.3 is 0 Å². The molecule has 4 rings (SSSR count). The lowest BCUT2D eigenvalue weighted by atomic mass is 10.1. The molecule has 3 aromatic rings. The van der Waals surface area contributed by atoms with Crippen molar-refractivity contribution in [3.8, 4) is 11.5 Å². The lowest BCUT2D eigenvalue weighted by Crippen LogP contribution is -2.21. The Morgan fingerprint density at radius 1 is 1.00 bits per heavy atom. The molecule has 1 aliphatic rings. The minimum absolute atomic E-state index is 0.658. The number of hydrogen-bond donors (Lipinski definition) is 0. The van der Waals surface area contributed by atoms with Crippen LogP contribution in [0, 0.1) is 0 Å². The maximum absolute atomic E-state index is 6.08. The van der Waals surface area contributed by atoms with Gasteiger partial charge in [-0.3, -0.25) is 4.68 Å². The van der Waals surface area contributed by atoms with Gasteiger partial charge in [-0.2, -0.15) is 5.10 Å². The Balaban J connectivity index is 1.34. The minimum atomic E-state index is 0.658. The van der Waals surface area contributed by atoms with Crippen LogP contribution in [0.5, 0.6) is 11.5 Å². The largest absolute Gasteiger partial charge is 0.493 e. The zero-order valence-corrected chi connectivity index (χ0v) is 19.2. The van der Waals surface area contributed by atoms with E-state index in [1.54, 1.807) is 7.11 Å². The van der Waals surface area contributed by atoms with Crippen LogP contribution in [0.2, 0.25) is 0 Å². The van der Waals surface area contributed by atoms with Crippen LogP contribution < -0.4 is 9.47 Å². The predicted molar refractivity (Wildman–Crippen MR) is 124 cm³/mol. The summed E-state index contributed by atoms with van der Waals surface area (Å²) in [5, 5.41) is 4.44. The van der Waals surface area contributed by atoms with Crippen molar-refractivity contribution in [2.75, 3.05) is 33.4 Å². The minimum Gasteiger partial charge on any atom is -0.493 e. The summed E-state index contributed by atoms with van der Waals surface area (Å²) in [5.41, 5.74) is 3.23. The molecule has 1 saturated heterocycles. The summed E-state index contributed by atoms with van der Waals surface area (Å²) in [5.74, 6) is 2.37. The highest BCUT2D eigenvalue weighted by Crippen LogP contribution is 2.29. The van der Waals surface area contributed by atoms with Gasteiger partial charge in [-0.05, 0) is 75.0 Å². The molecule has 7 heteroatoms. The molecule has 7 nitrogen and oxygen atoms in total. The molecule has 3 heterocycles. The molecular weight excluding hydrogens is 402 g/mol. The zero-order valence-electron chi connectivity index (χ0n) is 19.2. The number of nitrogens with zero attached hydrogens (tertiary/aromatic N) is 5. The van der Waals surface area contributed by atoms with E-state index in [0.717, 1.165) is 60.1 Å². The van der Waals surface area contributed by atoms with E-state index in [2.05, 4.69) is 27.1 Å². The second-order valence-corrected chi connectivity index (χ2v) is 8.36. The molecule has 0 radical (unpaired) electrons. The van der Waals surface area contributed by atoms with Crippen LogP contribution in [0.3, 0.4) is 0 Å². The fourth-order valence-corrected chi connectivity index (χ4v) is 4.12. The van der Waals surface area contributed by atoms with Gasteiger partial charge in [0.05, 0.1) is 19.4 Å². The van der Waals surface area contributed by atoms with E-state index in [0.29, 0.717) is 13.0 Å². The van der Waals surface area contributed by atoms with Crippen LogP contribution in [-0.4, -0.2) is 58.0 Å². The first-order valence-electron chi connectivity index (χ1n) is 11.5. The third-order valence-corrected chi connectivity index (χ3v) is 5.83. The van der Waals surface area contributed by atoms with Crippen molar-refractivity contribution >= 4 is 0 Å². The van der Waals surface area contributed by atoms with Crippen molar-refractivity contribution < 1.29 is 9.47 Å². The molecule has 170 valence electrons. The number of ether oxygens (including phenoxy) is 2. The molecule has 0 amide bonds. The number of methoxy groups -OCH3 is 1. The van der Waals surface area contributed by atoms with Crippen molar-refractivity contribution in [3.05, 3.63) is 65.5 Å². The molecule has 1 fully saturated rings. The Morgan fingerprint density at radius 2 is 1.84 bits per heavy atom. The van der Waals surface area contributed by atoms with E-state index in [4.69, 9.17) is 14.5 Å². The molecule has 0 N–H and O–H groups in total. The Hall–Kier alpha value is -2.93. The van der Waals surface area contributed by atoms with E-state index in [1.165, 1.54) is 25.9 Å². The van der Waals surface area contributed by atoms with E-state index in [-0.39, 0.29) is 0 Å². The number of aromatic nitrogens is 4. The van der Waals surface area contributed by atoms with E-state index < -0.39 is 0 Å². The fourth-order valence-electron chi connectivity index (χ4n) is 4.12. The van der Waals surface area contributed by atoms with Crippen LogP contribution in [0.25, 0.3) is 0 Å². The molecule has 1 aromatic carbocycles. The number of likely N-dealkylation sites (tertiary alicyclic amines) is 1. The summed E-state index contributed by atoms with van der Waals surface area (Å²) in [7, 11) is 3.62. The van der Waals surface area contributed by atoms with Crippen LogP contribution in [0.1, 0.15) is 42.0 Å². The molecule has 32 heavy (non-hydrogen) atoms. The molecule has 0 spiro atoms. The Labute approximate surface area is 190 Å². The quantitative estimate of drug-likeness (QED) is 0.430. The summed E-state index contributed by atoms with van der Waals surface area (Å²) in [6.07, 6.45) is 9.86. The highest BCUT2D eigenvalue weighted by molar-refractivity contribution is 5.43. The molecular formula is C25H33N5O2. The predicted octanol–water partition coefficient (Wildman–Crippen LogP) is 3.46. The van der Waals surface area contributed by atoms with E-state index in [1.807, 2.05) is 42.3 Å². The molecule has 0 atom stereocenters. The van der Waals surface area contributed by atoms with Gasteiger partial charge in [0.25, 0.3) is 0 Å². The first-order chi connectivity index (χ1) is 15.7. The highest BCUT2D eigenvalue weighted by atomic mass is 16.5. The van der Waals surface area contributed by atoms with Crippen LogP contribution >= 0.6 is 0 Å². The van der Waals surface area contributed by atoms with Crippen LogP contribution in [0.15, 0.2) is 42.7 Å². The summed E-state index contributed by atoms with van der Waals surface area (Å²) in [4.78, 5) is 11.7. The van der Waals surface area contributed by atoms with Gasteiger partial charge < -0.3 is 14.4 Å². The maximum Gasteiger partial charge on any atom is 0.161 e. The van der Waals surface area contributed by atoms with Crippen molar-refractivity contribution in [2.24, 2.45) is 7.05 Å². The van der Waals surface area contributed by atoms with Gasteiger partial charge in [-0.15, -0.1) is 0 Å². The Morgan fingerprint density at radius 3 is 2.62 bits per heavy atom. The van der Waals surface area contributed by atoms with Crippen molar-refractivity contribution in [3.63, 3.8) is 0 Å². The summed E-state index contributed by atoms with van der Waals surface area (Å²) in [6, 6.07) is 10.1. The summed E-state index contributed by atoms with van der Waals surface area (Å²) >= 11 is 0. The second-order valence-electron chi connectivity index (χ2n) is 8.36. The first kappa shape index (κ1) is 22.3. The molecule has 0 aliphatic carbocycles. The monoisotopic (exact) mass is 435 g/mol. The lowest BCUT2D eigenvalue weighted by molar-refractivity contribution is 0.254. The number of benzene rings is 1. The number of rotatable bonds is 11. The van der Waals surface area contributed by atoms with Crippen molar-refractivity contribution in [2.45, 2.75) is 38.5 Å². The van der Waals surface area contributed by atoms with Gasteiger partial charge in [0.2, 0.25) is 0 Å². The number of hydrogen-bond acceptors (Lipinski definition) is 6. The smallest absolute Gasteiger partial charge is 0.161 e. The van der Waals surface area contributed by atoms with Crippen LogP contribution in [0.4, 0.5) is 0 Å². The topological polar surface area (TPSA) is 65.3 Å². The van der Waals surface area contributed by atoms with E-state index >= 15 is 0 Å². The normalized spacial score (nSPS) is 14.1. The summed E-state index contributed by atoms with van der Waals surface area (Å²) in [6.45, 7) is 4.23. The Kier molecular flexibility index (Phi) is 7.72. The standard InChI is InChI=1S/C25H33N5O2/c1-29-16-11-22(28-29)8-7-21-10-12-26-25(27-21)19-20-6-9-23(31-2)24(18-20)32-17-5-15-30-13-3-4-14-30/h6,9-12,16,18H,3-5,7-8,13-15,17,19H2,1-2H3. The molecule has 2 aromatic heterocycles. The van der Waals surface area contributed by atoms with Crippen molar-refractivity contribution in [1.82, 2.24) is 24.6 Å². The molecule has 1 aliphatic heterocycles. The van der Waals surface area contributed by atoms with Crippen LogP contribution in [-0.2, 0) is 26.3 Å². The third kappa shape index (κ3) is 6.29. The first-order valence-corrected chi connectivity index (χ1v) is 11.5. The zero-order chi connectivity index (χ0) is 22.2. The van der Waals surface area contributed by atoms with Gasteiger partial charge in [-0.1, -0.05) is 6.07 Å². The SMILES string of the molecule is COc1ccc(Cc2nccc(CCc3ccn(C)n3)n2)cc1OCCCN1CCCC1. The van der Waals surface area contributed by atoms with Gasteiger partial charge in [0, 0.05) is 38.1 Å². The Bertz CT molecular complexity index is 998. The summed E-state index contributed by atoms with van der Waals surface area (Å²) < 4.78 is 13.4. The van der Waals surface area contributed by atoms with Gasteiger partial charge in [-0.25, -0.2) is 9.97 Å². The fraction of sp³-hybridized carbons (Fsp3) is 0.480. The lowest BCUT2D eigenvalue weighted by Gasteiger charge is -2.16. The average molecular weight is 436 g/mol. The average Bonchev–Trinajstić information content (AvgIpc) is 3.47. The van der Waals surface area contributed by atoms with E-state index in [9.17, 15) is 0 Å². The molecule has 0 bridgehead atoms. The maximum atomic E-state index is 6.08. The molecule has 0 unspecified atom stereocenters. The van der Waals surface area contributed by atoms with Gasteiger partial charge in [0.15, 0.2) is 11.5 Å². The number of aryl methyl sites for hydroxylation is 3. The molecule has 0 saturated carbocycles.